The molecule has 0 radical (unpaired) electrons. The standard InChI is InChI=1S/C22H20N6O3/c29-22(31-17-4-2-1-3-5-17)24-16-8-6-15(7-9-16)19-25-20-18(14-23-27-20)21(26-19)28-10-12-30-13-11-28/h1-9,14H,10-13H2,(H,24,29)(H,23,25,26,27). The van der Waals surface area contributed by atoms with Crippen LogP contribution < -0.4 is 15.0 Å². The molecule has 0 spiro atoms. The van der Waals surface area contributed by atoms with Gasteiger partial charge in [0, 0.05) is 24.3 Å². The molecular weight excluding hydrogens is 396 g/mol. The highest BCUT2D eigenvalue weighted by atomic mass is 16.6. The van der Waals surface area contributed by atoms with E-state index in [2.05, 4.69) is 25.4 Å². The zero-order chi connectivity index (χ0) is 21.0. The maximum Gasteiger partial charge on any atom is 0.417 e. The van der Waals surface area contributed by atoms with Crippen LogP contribution in [0, 0.1) is 0 Å². The Morgan fingerprint density at radius 1 is 1.03 bits per heavy atom. The third-order valence-corrected chi connectivity index (χ3v) is 4.94. The van der Waals surface area contributed by atoms with Crippen molar-refractivity contribution in [1.29, 1.82) is 0 Å². The van der Waals surface area contributed by atoms with Crippen LogP contribution in [0.15, 0.2) is 60.8 Å². The van der Waals surface area contributed by atoms with Crippen molar-refractivity contribution in [2.45, 2.75) is 0 Å². The number of amides is 1. The monoisotopic (exact) mass is 416 g/mol. The number of aromatic amines is 1. The molecule has 2 aromatic heterocycles. The first-order chi connectivity index (χ1) is 15.3. The minimum Gasteiger partial charge on any atom is -0.410 e. The molecule has 1 amide bonds. The lowest BCUT2D eigenvalue weighted by molar-refractivity contribution is 0.122. The Morgan fingerprint density at radius 3 is 2.58 bits per heavy atom. The fourth-order valence-electron chi connectivity index (χ4n) is 3.41. The molecular formula is C22H20N6O3. The van der Waals surface area contributed by atoms with Crippen LogP contribution in [0.3, 0.4) is 0 Å². The van der Waals surface area contributed by atoms with E-state index in [4.69, 9.17) is 14.5 Å². The normalized spacial score (nSPS) is 13.9. The average molecular weight is 416 g/mol. The number of nitrogens with one attached hydrogen (secondary N) is 2. The Hall–Kier alpha value is -3.98. The molecule has 9 heteroatoms. The lowest BCUT2D eigenvalue weighted by atomic mass is 10.2. The lowest BCUT2D eigenvalue weighted by Gasteiger charge is -2.28. The van der Waals surface area contributed by atoms with Gasteiger partial charge in [-0.15, -0.1) is 0 Å². The second-order valence-electron chi connectivity index (χ2n) is 7.01. The average Bonchev–Trinajstić information content (AvgIpc) is 3.29. The van der Waals surface area contributed by atoms with Crippen molar-refractivity contribution in [3.63, 3.8) is 0 Å². The Balaban J connectivity index is 1.36. The Morgan fingerprint density at radius 2 is 1.81 bits per heavy atom. The van der Waals surface area contributed by atoms with Gasteiger partial charge >= 0.3 is 6.09 Å². The highest BCUT2D eigenvalue weighted by Crippen LogP contribution is 2.27. The Kier molecular flexibility index (Phi) is 5.16. The van der Waals surface area contributed by atoms with Crippen LogP contribution in [0.2, 0.25) is 0 Å². The van der Waals surface area contributed by atoms with E-state index in [0.717, 1.165) is 29.9 Å². The molecule has 0 saturated carbocycles. The van der Waals surface area contributed by atoms with Gasteiger partial charge in [0.15, 0.2) is 11.5 Å². The van der Waals surface area contributed by atoms with Crippen LogP contribution >= 0.6 is 0 Å². The molecule has 0 atom stereocenters. The number of ether oxygens (including phenoxy) is 2. The number of hydrogen-bond donors (Lipinski definition) is 2. The minimum absolute atomic E-state index is 0.480. The van der Waals surface area contributed by atoms with Gasteiger partial charge in [0.05, 0.1) is 24.8 Å². The molecule has 1 aliphatic rings. The van der Waals surface area contributed by atoms with Crippen molar-refractivity contribution >= 4 is 28.6 Å². The molecule has 156 valence electrons. The highest BCUT2D eigenvalue weighted by molar-refractivity contribution is 5.89. The summed E-state index contributed by atoms with van der Waals surface area (Å²) in [5.41, 5.74) is 2.12. The highest BCUT2D eigenvalue weighted by Gasteiger charge is 2.19. The Bertz CT molecular complexity index is 1190. The van der Waals surface area contributed by atoms with Gasteiger partial charge in [-0.2, -0.15) is 5.10 Å². The second-order valence-corrected chi connectivity index (χ2v) is 7.01. The number of hydrogen-bond acceptors (Lipinski definition) is 7. The predicted octanol–water partition coefficient (Wildman–Crippen LogP) is 3.47. The number of aromatic nitrogens is 4. The third-order valence-electron chi connectivity index (χ3n) is 4.94. The smallest absolute Gasteiger partial charge is 0.410 e. The molecule has 5 rings (SSSR count). The fraction of sp³-hybridized carbons (Fsp3) is 0.182. The third kappa shape index (κ3) is 4.17. The van der Waals surface area contributed by atoms with Crippen molar-refractivity contribution in [3.05, 3.63) is 60.8 Å². The summed E-state index contributed by atoms with van der Waals surface area (Å²) in [7, 11) is 0. The van der Waals surface area contributed by atoms with Crippen molar-refractivity contribution in [3.8, 4) is 17.1 Å². The number of rotatable bonds is 4. The molecule has 0 unspecified atom stereocenters. The second kappa shape index (κ2) is 8.41. The number of H-pyrrole nitrogens is 1. The first-order valence-corrected chi connectivity index (χ1v) is 9.94. The Labute approximate surface area is 178 Å². The summed E-state index contributed by atoms with van der Waals surface area (Å²) in [6.07, 6.45) is 1.19. The van der Waals surface area contributed by atoms with E-state index in [1.165, 1.54) is 0 Å². The molecule has 31 heavy (non-hydrogen) atoms. The topological polar surface area (TPSA) is 105 Å². The predicted molar refractivity (Wildman–Crippen MR) is 116 cm³/mol. The number of anilines is 2. The largest absolute Gasteiger partial charge is 0.417 e. The van der Waals surface area contributed by atoms with Gasteiger partial charge in [-0.1, -0.05) is 18.2 Å². The van der Waals surface area contributed by atoms with E-state index in [1.54, 1.807) is 42.6 Å². The molecule has 2 N–H and O–H groups in total. The first-order valence-electron chi connectivity index (χ1n) is 9.94. The van der Waals surface area contributed by atoms with Crippen molar-refractivity contribution in [2.75, 3.05) is 36.5 Å². The fourth-order valence-corrected chi connectivity index (χ4v) is 3.41. The van der Waals surface area contributed by atoms with Gasteiger partial charge in [-0.3, -0.25) is 10.4 Å². The quantitative estimate of drug-likeness (QED) is 0.525. The van der Waals surface area contributed by atoms with Crippen LogP contribution in [0.5, 0.6) is 5.75 Å². The lowest BCUT2D eigenvalue weighted by Crippen LogP contribution is -2.37. The summed E-state index contributed by atoms with van der Waals surface area (Å²) in [6, 6.07) is 16.2. The van der Waals surface area contributed by atoms with Crippen molar-refractivity contribution in [1.82, 2.24) is 20.2 Å². The zero-order valence-corrected chi connectivity index (χ0v) is 16.6. The molecule has 2 aromatic carbocycles. The zero-order valence-electron chi connectivity index (χ0n) is 16.6. The van der Waals surface area contributed by atoms with Crippen molar-refractivity contribution < 1.29 is 14.3 Å². The van der Waals surface area contributed by atoms with Gasteiger partial charge in [-0.25, -0.2) is 14.8 Å². The van der Waals surface area contributed by atoms with E-state index in [9.17, 15) is 4.79 Å². The molecule has 1 fully saturated rings. The first kappa shape index (κ1) is 19.0. The summed E-state index contributed by atoms with van der Waals surface area (Å²) in [5, 5.41) is 10.7. The van der Waals surface area contributed by atoms with Crippen LogP contribution in [0.1, 0.15) is 0 Å². The SMILES string of the molecule is O=C(Nc1ccc(-c2nc(N3CCOCC3)c3cn[nH]c3n2)cc1)Oc1ccccc1. The molecule has 3 heterocycles. The summed E-state index contributed by atoms with van der Waals surface area (Å²) >= 11 is 0. The van der Waals surface area contributed by atoms with Gasteiger partial charge in [0.2, 0.25) is 0 Å². The van der Waals surface area contributed by atoms with E-state index in [-0.39, 0.29) is 0 Å². The van der Waals surface area contributed by atoms with Gasteiger partial charge in [-0.05, 0) is 36.4 Å². The number of benzene rings is 2. The molecule has 4 aromatic rings. The van der Waals surface area contributed by atoms with E-state index >= 15 is 0 Å². The van der Waals surface area contributed by atoms with Gasteiger partial charge in [0.1, 0.15) is 11.6 Å². The number of fused-ring (bicyclic) bond motifs is 1. The van der Waals surface area contributed by atoms with Crippen LogP contribution in [0.4, 0.5) is 16.3 Å². The number of nitrogens with zero attached hydrogens (tertiary/aromatic N) is 4. The number of morpholine rings is 1. The molecule has 0 aliphatic carbocycles. The minimum atomic E-state index is -0.552. The summed E-state index contributed by atoms with van der Waals surface area (Å²) in [6.45, 7) is 2.86. The number of carbonyl (C=O) groups is 1. The summed E-state index contributed by atoms with van der Waals surface area (Å²) in [4.78, 5) is 23.7. The molecule has 9 nitrogen and oxygen atoms in total. The van der Waals surface area contributed by atoms with Gasteiger partial charge < -0.3 is 14.4 Å². The van der Waals surface area contributed by atoms with Crippen LogP contribution in [0.25, 0.3) is 22.4 Å². The number of para-hydroxylation sites is 1. The van der Waals surface area contributed by atoms with E-state index in [1.807, 2.05) is 18.2 Å². The summed E-state index contributed by atoms with van der Waals surface area (Å²) < 4.78 is 10.7. The van der Waals surface area contributed by atoms with Crippen LogP contribution in [-0.2, 0) is 4.74 Å². The maximum atomic E-state index is 12.1. The van der Waals surface area contributed by atoms with Gasteiger partial charge in [0.25, 0.3) is 0 Å². The maximum absolute atomic E-state index is 12.1. The van der Waals surface area contributed by atoms with Crippen LogP contribution in [-0.4, -0.2) is 52.6 Å². The molecule has 1 aliphatic heterocycles. The van der Waals surface area contributed by atoms with E-state index in [0.29, 0.717) is 36.1 Å². The molecule has 1 saturated heterocycles. The van der Waals surface area contributed by atoms with Crippen molar-refractivity contribution in [2.24, 2.45) is 0 Å². The van der Waals surface area contributed by atoms with E-state index < -0.39 is 6.09 Å². The summed E-state index contributed by atoms with van der Waals surface area (Å²) in [5.74, 6) is 1.90. The molecule has 0 bridgehead atoms. The number of carbonyl (C=O) groups excluding carboxylic acids is 1.